The summed E-state index contributed by atoms with van der Waals surface area (Å²) in [4.78, 5) is 6.45. The Morgan fingerprint density at radius 1 is 1.50 bits per heavy atom. The molecule has 0 aromatic carbocycles. The molecule has 0 atom stereocenters. The quantitative estimate of drug-likeness (QED) is 0.811. The van der Waals surface area contributed by atoms with E-state index in [1.165, 1.54) is 5.56 Å². The van der Waals surface area contributed by atoms with Crippen molar-refractivity contribution in [1.82, 2.24) is 10.3 Å². The third-order valence-corrected chi connectivity index (χ3v) is 3.13. The topological polar surface area (TPSA) is 37.4 Å². The van der Waals surface area contributed by atoms with Crippen LogP contribution in [0.15, 0.2) is 18.3 Å². The van der Waals surface area contributed by atoms with Gasteiger partial charge in [-0.3, -0.25) is 0 Å². The molecule has 2 heterocycles. The molecule has 0 radical (unpaired) electrons. The van der Waals surface area contributed by atoms with Crippen LogP contribution in [0.2, 0.25) is 0 Å². The molecule has 0 bridgehead atoms. The molecule has 2 rings (SSSR count). The summed E-state index contributed by atoms with van der Waals surface area (Å²) in [6.45, 7) is 1.84. The molecule has 16 heavy (non-hydrogen) atoms. The van der Waals surface area contributed by atoms with Gasteiger partial charge < -0.3 is 15.0 Å². The minimum absolute atomic E-state index is 0.0339. The largest absolute Gasteiger partial charge is 0.375 e. The number of nitrogens with one attached hydrogen (secondary N) is 1. The summed E-state index contributed by atoms with van der Waals surface area (Å²) in [7, 11) is 5.82. The molecular weight excluding hydrogens is 202 g/mol. The minimum Gasteiger partial charge on any atom is -0.375 e. The molecule has 1 aromatic heterocycles. The maximum atomic E-state index is 5.60. The maximum Gasteiger partial charge on any atom is 0.131 e. The molecule has 0 amide bonds. The number of hydrogen-bond acceptors (Lipinski definition) is 4. The highest BCUT2D eigenvalue weighted by Crippen LogP contribution is 2.25. The predicted molar refractivity (Wildman–Crippen MR) is 64.9 cm³/mol. The second-order valence-corrected chi connectivity index (χ2v) is 4.55. The first kappa shape index (κ1) is 11.4. The zero-order valence-electron chi connectivity index (χ0n) is 10.2. The average Bonchev–Trinajstić information content (AvgIpc) is 2.24. The normalized spacial score (nSPS) is 17.9. The van der Waals surface area contributed by atoms with E-state index in [1.807, 2.05) is 31.3 Å². The second kappa shape index (κ2) is 4.39. The van der Waals surface area contributed by atoms with Gasteiger partial charge in [-0.25, -0.2) is 4.98 Å². The van der Waals surface area contributed by atoms with Gasteiger partial charge >= 0.3 is 0 Å². The van der Waals surface area contributed by atoms with Crippen LogP contribution in [0.1, 0.15) is 5.56 Å². The Bertz CT molecular complexity index is 356. The second-order valence-electron chi connectivity index (χ2n) is 4.55. The Morgan fingerprint density at radius 3 is 2.75 bits per heavy atom. The lowest BCUT2D eigenvalue weighted by atomic mass is 9.89. The monoisotopic (exact) mass is 221 g/mol. The van der Waals surface area contributed by atoms with Crippen molar-refractivity contribution < 1.29 is 4.74 Å². The number of hydrogen-bond donors (Lipinski definition) is 1. The highest BCUT2D eigenvalue weighted by molar-refractivity contribution is 5.46. The minimum atomic E-state index is -0.0339. The molecule has 0 aliphatic carbocycles. The van der Waals surface area contributed by atoms with E-state index in [0.717, 1.165) is 25.3 Å². The first-order chi connectivity index (χ1) is 7.67. The van der Waals surface area contributed by atoms with Gasteiger partial charge in [0.05, 0.1) is 5.60 Å². The van der Waals surface area contributed by atoms with Gasteiger partial charge in [-0.2, -0.15) is 0 Å². The molecule has 88 valence electrons. The molecule has 0 unspecified atom stereocenters. The number of pyridine rings is 1. The van der Waals surface area contributed by atoms with Crippen molar-refractivity contribution in [3.8, 4) is 0 Å². The van der Waals surface area contributed by atoms with Crippen LogP contribution in [0.25, 0.3) is 0 Å². The number of ether oxygens (including phenoxy) is 1. The van der Waals surface area contributed by atoms with E-state index in [0.29, 0.717) is 0 Å². The van der Waals surface area contributed by atoms with Crippen molar-refractivity contribution in [3.63, 3.8) is 0 Å². The Balaban J connectivity index is 2.20. The van der Waals surface area contributed by atoms with E-state index in [1.54, 1.807) is 7.11 Å². The van der Waals surface area contributed by atoms with E-state index in [9.17, 15) is 0 Å². The zero-order chi connectivity index (χ0) is 11.6. The summed E-state index contributed by atoms with van der Waals surface area (Å²) in [6.07, 6.45) is 2.75. The van der Waals surface area contributed by atoms with Crippen molar-refractivity contribution in [2.75, 3.05) is 39.2 Å². The lowest BCUT2D eigenvalue weighted by Crippen LogP contribution is -2.62. The van der Waals surface area contributed by atoms with Crippen LogP contribution in [0.3, 0.4) is 0 Å². The fourth-order valence-electron chi connectivity index (χ4n) is 2.06. The summed E-state index contributed by atoms with van der Waals surface area (Å²) in [5, 5.41) is 3.26. The number of aromatic nitrogens is 1. The molecule has 0 saturated carbocycles. The van der Waals surface area contributed by atoms with E-state index in [2.05, 4.69) is 16.4 Å². The van der Waals surface area contributed by atoms with Crippen LogP contribution < -0.4 is 10.2 Å². The predicted octanol–water partition coefficient (Wildman–Crippen LogP) is 0.678. The molecule has 1 aliphatic heterocycles. The molecule has 4 heteroatoms. The number of anilines is 1. The van der Waals surface area contributed by atoms with Gasteiger partial charge in [-0.1, -0.05) is 6.07 Å². The summed E-state index contributed by atoms with van der Waals surface area (Å²) in [6, 6.07) is 4.11. The Hall–Kier alpha value is -1.13. The first-order valence-electron chi connectivity index (χ1n) is 5.54. The van der Waals surface area contributed by atoms with Crippen LogP contribution in [0.4, 0.5) is 5.82 Å². The van der Waals surface area contributed by atoms with Gasteiger partial charge in [0.2, 0.25) is 0 Å². The smallest absolute Gasteiger partial charge is 0.131 e. The molecule has 1 aliphatic rings. The van der Waals surface area contributed by atoms with Gasteiger partial charge in [-0.15, -0.1) is 0 Å². The van der Waals surface area contributed by atoms with Crippen LogP contribution in [-0.2, 0) is 11.2 Å². The van der Waals surface area contributed by atoms with Crippen molar-refractivity contribution >= 4 is 5.82 Å². The summed E-state index contributed by atoms with van der Waals surface area (Å²) in [5.74, 6) is 1.03. The van der Waals surface area contributed by atoms with Gasteiger partial charge in [0.25, 0.3) is 0 Å². The van der Waals surface area contributed by atoms with Gasteiger partial charge in [0.1, 0.15) is 5.82 Å². The number of nitrogens with zero attached hydrogens (tertiary/aromatic N) is 2. The van der Waals surface area contributed by atoms with E-state index in [4.69, 9.17) is 4.74 Å². The van der Waals surface area contributed by atoms with Crippen molar-refractivity contribution in [2.45, 2.75) is 12.0 Å². The molecule has 4 nitrogen and oxygen atoms in total. The summed E-state index contributed by atoms with van der Waals surface area (Å²) in [5.41, 5.74) is 1.21. The molecule has 1 saturated heterocycles. The van der Waals surface area contributed by atoms with E-state index in [-0.39, 0.29) is 5.60 Å². The highest BCUT2D eigenvalue weighted by atomic mass is 16.5. The van der Waals surface area contributed by atoms with Crippen LogP contribution >= 0.6 is 0 Å². The number of rotatable bonds is 4. The van der Waals surface area contributed by atoms with E-state index < -0.39 is 0 Å². The SMILES string of the molecule is COC1(Cc2cccnc2N(C)C)CNC1. The molecule has 1 N–H and O–H groups in total. The maximum absolute atomic E-state index is 5.60. The molecular formula is C12H19N3O. The lowest BCUT2D eigenvalue weighted by molar-refractivity contribution is -0.0501. The van der Waals surface area contributed by atoms with Crippen LogP contribution in [-0.4, -0.2) is 44.9 Å². The third-order valence-electron chi connectivity index (χ3n) is 3.13. The Labute approximate surface area is 96.6 Å². The molecule has 1 aromatic rings. The fraction of sp³-hybridized carbons (Fsp3) is 0.583. The summed E-state index contributed by atoms with van der Waals surface area (Å²) >= 11 is 0. The lowest BCUT2D eigenvalue weighted by Gasteiger charge is -2.41. The third kappa shape index (κ3) is 2.03. The van der Waals surface area contributed by atoms with E-state index >= 15 is 0 Å². The highest BCUT2D eigenvalue weighted by Gasteiger charge is 2.37. The van der Waals surface area contributed by atoms with Gasteiger partial charge in [-0.05, 0) is 11.6 Å². The van der Waals surface area contributed by atoms with Crippen molar-refractivity contribution in [3.05, 3.63) is 23.9 Å². The van der Waals surface area contributed by atoms with Gasteiger partial charge in [0.15, 0.2) is 0 Å². The molecule has 0 spiro atoms. The average molecular weight is 221 g/mol. The van der Waals surface area contributed by atoms with Gasteiger partial charge in [0, 0.05) is 46.9 Å². The van der Waals surface area contributed by atoms with Crippen LogP contribution in [0.5, 0.6) is 0 Å². The van der Waals surface area contributed by atoms with Crippen molar-refractivity contribution in [1.29, 1.82) is 0 Å². The number of methoxy groups -OCH3 is 1. The Kier molecular flexibility index (Phi) is 3.12. The summed E-state index contributed by atoms with van der Waals surface area (Å²) < 4.78 is 5.60. The molecule has 1 fully saturated rings. The zero-order valence-corrected chi connectivity index (χ0v) is 10.2. The van der Waals surface area contributed by atoms with Crippen molar-refractivity contribution in [2.24, 2.45) is 0 Å². The first-order valence-corrected chi connectivity index (χ1v) is 5.54. The standard InChI is InChI=1S/C12H19N3O/c1-15(2)11-10(5-4-6-14-11)7-12(16-3)8-13-9-12/h4-6,13H,7-9H2,1-3H3. The van der Waals surface area contributed by atoms with Crippen LogP contribution in [0, 0.1) is 0 Å². The fourth-order valence-corrected chi connectivity index (χ4v) is 2.06. The Morgan fingerprint density at radius 2 is 2.25 bits per heavy atom.